The van der Waals surface area contributed by atoms with Crippen LogP contribution in [0.3, 0.4) is 0 Å². The standard InChI is InChI=1S/C17H28N2O3S/c1-12(2)19(13(3)4)16(21)18-23(22,17(5,6)7)15-10-8-14(20)9-11-15/h8-13,20H,1-7H3/t23-/m0/s1. The quantitative estimate of drug-likeness (QED) is 0.894. The molecule has 0 bridgehead atoms. The second-order valence-corrected chi connectivity index (χ2v) is 10.0. The van der Waals surface area contributed by atoms with Gasteiger partial charge < -0.3 is 10.0 Å². The van der Waals surface area contributed by atoms with Gasteiger partial charge in [-0.25, -0.2) is 9.00 Å². The molecule has 0 unspecified atom stereocenters. The van der Waals surface area contributed by atoms with E-state index < -0.39 is 20.5 Å². The van der Waals surface area contributed by atoms with Crippen LogP contribution in [-0.2, 0) is 9.73 Å². The highest BCUT2D eigenvalue weighted by atomic mass is 32.2. The molecule has 1 aromatic rings. The smallest absolute Gasteiger partial charge is 0.352 e. The summed E-state index contributed by atoms with van der Waals surface area (Å²) in [5, 5.41) is 9.44. The molecule has 0 aliphatic carbocycles. The molecule has 2 amide bonds. The monoisotopic (exact) mass is 340 g/mol. The number of amides is 2. The van der Waals surface area contributed by atoms with Crippen LogP contribution in [0.5, 0.6) is 5.75 Å². The van der Waals surface area contributed by atoms with Gasteiger partial charge >= 0.3 is 6.03 Å². The Morgan fingerprint density at radius 3 is 1.87 bits per heavy atom. The zero-order chi connectivity index (χ0) is 18.0. The summed E-state index contributed by atoms with van der Waals surface area (Å²) in [7, 11) is -2.99. The molecule has 0 saturated carbocycles. The number of aromatic hydroxyl groups is 1. The molecule has 0 saturated heterocycles. The summed E-state index contributed by atoms with van der Waals surface area (Å²) in [5.74, 6) is 0.0849. The normalized spacial score (nSPS) is 14.7. The number of rotatable bonds is 3. The fourth-order valence-electron chi connectivity index (χ4n) is 2.37. The molecule has 6 heteroatoms. The van der Waals surface area contributed by atoms with Gasteiger partial charge in [0.15, 0.2) is 0 Å². The summed E-state index contributed by atoms with van der Waals surface area (Å²) in [4.78, 5) is 14.7. The van der Waals surface area contributed by atoms with E-state index in [1.807, 2.05) is 27.7 Å². The summed E-state index contributed by atoms with van der Waals surface area (Å²) >= 11 is 0. The highest BCUT2D eigenvalue weighted by molar-refractivity contribution is 7.95. The van der Waals surface area contributed by atoms with Gasteiger partial charge in [0.2, 0.25) is 0 Å². The summed E-state index contributed by atoms with van der Waals surface area (Å²) in [5.41, 5.74) is 0. The van der Waals surface area contributed by atoms with E-state index in [0.29, 0.717) is 4.90 Å². The molecule has 0 heterocycles. The Balaban J connectivity index is 3.51. The largest absolute Gasteiger partial charge is 0.508 e. The Morgan fingerprint density at radius 2 is 1.52 bits per heavy atom. The van der Waals surface area contributed by atoms with Crippen molar-refractivity contribution in [2.45, 2.75) is 70.2 Å². The van der Waals surface area contributed by atoms with Crippen molar-refractivity contribution in [2.75, 3.05) is 0 Å². The van der Waals surface area contributed by atoms with E-state index in [-0.39, 0.29) is 17.8 Å². The molecule has 0 fully saturated rings. The SMILES string of the molecule is CC(C)N(C(=O)N=[S@](=O)(c1ccc(O)cc1)C(C)(C)C)C(C)C. The minimum absolute atomic E-state index is 0.0327. The first kappa shape index (κ1) is 19.5. The lowest BCUT2D eigenvalue weighted by Crippen LogP contribution is -2.41. The number of urea groups is 1. The lowest BCUT2D eigenvalue weighted by atomic mass is 10.2. The highest BCUT2D eigenvalue weighted by Crippen LogP contribution is 2.29. The number of hydrogen-bond donors (Lipinski definition) is 1. The summed E-state index contributed by atoms with van der Waals surface area (Å²) in [6, 6.07) is 5.52. The fourth-order valence-corrected chi connectivity index (χ4v) is 4.27. The first-order valence-corrected chi connectivity index (χ1v) is 9.29. The number of phenols is 1. The lowest BCUT2D eigenvalue weighted by Gasteiger charge is -2.30. The number of hydrogen-bond acceptors (Lipinski definition) is 3. The van der Waals surface area contributed by atoms with Crippen molar-refractivity contribution >= 4 is 15.8 Å². The molecule has 1 atom stereocenters. The summed E-state index contributed by atoms with van der Waals surface area (Å²) in [6.07, 6.45) is 0. The number of carbonyl (C=O) groups is 1. The zero-order valence-corrected chi connectivity index (χ0v) is 15.8. The van der Waals surface area contributed by atoms with Gasteiger partial charge in [-0.15, -0.1) is 4.36 Å². The first-order valence-electron chi connectivity index (χ1n) is 7.78. The molecule has 0 aliphatic rings. The maximum Gasteiger partial charge on any atom is 0.352 e. The molecular formula is C17H28N2O3S. The maximum atomic E-state index is 13.6. The van der Waals surface area contributed by atoms with Crippen molar-refractivity contribution in [2.24, 2.45) is 4.36 Å². The Morgan fingerprint density at radius 1 is 1.09 bits per heavy atom. The van der Waals surface area contributed by atoms with Crippen LogP contribution in [0.15, 0.2) is 33.5 Å². The average molecular weight is 340 g/mol. The van der Waals surface area contributed by atoms with E-state index in [9.17, 15) is 14.1 Å². The second-order valence-electron chi connectivity index (χ2n) is 7.10. The van der Waals surface area contributed by atoms with Crippen LogP contribution in [0.25, 0.3) is 0 Å². The van der Waals surface area contributed by atoms with E-state index in [1.165, 1.54) is 12.1 Å². The number of nitrogens with zero attached hydrogens (tertiary/aromatic N) is 2. The molecule has 1 N–H and O–H groups in total. The van der Waals surface area contributed by atoms with Crippen LogP contribution in [0.4, 0.5) is 4.79 Å². The third-order valence-corrected chi connectivity index (χ3v) is 6.51. The van der Waals surface area contributed by atoms with Crippen molar-refractivity contribution in [3.8, 4) is 5.75 Å². The molecule has 1 rings (SSSR count). The Kier molecular flexibility index (Phi) is 5.85. The highest BCUT2D eigenvalue weighted by Gasteiger charge is 2.32. The minimum atomic E-state index is -2.99. The maximum absolute atomic E-state index is 13.6. The third-order valence-electron chi connectivity index (χ3n) is 3.53. The topological polar surface area (TPSA) is 70.0 Å². The van der Waals surface area contributed by atoms with Crippen LogP contribution < -0.4 is 0 Å². The van der Waals surface area contributed by atoms with Crippen molar-refractivity contribution in [1.82, 2.24) is 4.90 Å². The Hall–Kier alpha value is -1.56. The molecule has 130 valence electrons. The van der Waals surface area contributed by atoms with E-state index in [1.54, 1.807) is 37.8 Å². The molecule has 1 aromatic carbocycles. The van der Waals surface area contributed by atoms with Crippen LogP contribution in [0.1, 0.15) is 48.5 Å². The number of carbonyl (C=O) groups excluding carboxylic acids is 1. The third kappa shape index (κ3) is 4.25. The van der Waals surface area contributed by atoms with Crippen molar-refractivity contribution in [3.63, 3.8) is 0 Å². The van der Waals surface area contributed by atoms with Gasteiger partial charge in [0.25, 0.3) is 0 Å². The summed E-state index contributed by atoms with van der Waals surface area (Å²) < 4.78 is 17.0. The van der Waals surface area contributed by atoms with Gasteiger partial charge in [-0.05, 0) is 72.7 Å². The summed E-state index contributed by atoms with van der Waals surface area (Å²) in [6.45, 7) is 13.0. The van der Waals surface area contributed by atoms with Crippen LogP contribution >= 0.6 is 0 Å². The minimum Gasteiger partial charge on any atom is -0.508 e. The fraction of sp³-hybridized carbons (Fsp3) is 0.588. The van der Waals surface area contributed by atoms with Gasteiger partial charge in [0, 0.05) is 17.0 Å². The molecule has 0 aliphatic heterocycles. The zero-order valence-electron chi connectivity index (χ0n) is 15.0. The number of benzene rings is 1. The first-order chi connectivity index (χ1) is 10.4. The van der Waals surface area contributed by atoms with Gasteiger partial charge in [0.05, 0.1) is 14.5 Å². The van der Waals surface area contributed by atoms with E-state index in [0.717, 1.165) is 0 Å². The van der Waals surface area contributed by atoms with Crippen LogP contribution in [-0.4, -0.2) is 37.1 Å². The van der Waals surface area contributed by atoms with E-state index in [4.69, 9.17) is 0 Å². The van der Waals surface area contributed by atoms with Crippen molar-refractivity contribution in [1.29, 1.82) is 0 Å². The number of phenolic OH excluding ortho intramolecular Hbond substituents is 1. The van der Waals surface area contributed by atoms with Crippen molar-refractivity contribution in [3.05, 3.63) is 24.3 Å². The predicted octanol–water partition coefficient (Wildman–Crippen LogP) is 4.26. The Bertz CT molecular complexity index is 656. The van der Waals surface area contributed by atoms with Gasteiger partial charge in [0.1, 0.15) is 5.75 Å². The predicted molar refractivity (Wildman–Crippen MR) is 94.2 cm³/mol. The van der Waals surface area contributed by atoms with E-state index >= 15 is 0 Å². The van der Waals surface area contributed by atoms with Crippen molar-refractivity contribution < 1.29 is 14.1 Å². The van der Waals surface area contributed by atoms with E-state index in [2.05, 4.69) is 4.36 Å². The Labute approximate surface area is 139 Å². The van der Waals surface area contributed by atoms with Crippen LogP contribution in [0, 0.1) is 0 Å². The molecule has 0 spiro atoms. The molecule has 0 radical (unpaired) electrons. The second kappa shape index (κ2) is 6.91. The molecule has 0 aromatic heterocycles. The average Bonchev–Trinajstić information content (AvgIpc) is 2.36. The van der Waals surface area contributed by atoms with Gasteiger partial charge in [-0.1, -0.05) is 0 Å². The molecule has 5 nitrogen and oxygen atoms in total. The van der Waals surface area contributed by atoms with Gasteiger partial charge in [-0.3, -0.25) is 0 Å². The molecule has 23 heavy (non-hydrogen) atoms. The van der Waals surface area contributed by atoms with Crippen LogP contribution in [0.2, 0.25) is 0 Å². The molecular weight excluding hydrogens is 312 g/mol. The lowest BCUT2D eigenvalue weighted by molar-refractivity contribution is 0.175. The van der Waals surface area contributed by atoms with Gasteiger partial charge in [-0.2, -0.15) is 0 Å².